The van der Waals surface area contributed by atoms with Crippen LogP contribution >= 0.6 is 0 Å². The Balaban J connectivity index is 0.000000214. The van der Waals surface area contributed by atoms with Crippen LogP contribution in [0.15, 0.2) is 149 Å². The van der Waals surface area contributed by atoms with Gasteiger partial charge in [0.15, 0.2) is 11.3 Å². The molecule has 8 aromatic rings. The Labute approximate surface area is 354 Å². The Morgan fingerprint density at radius 1 is 0.607 bits per heavy atom. The molecule has 6 aromatic heterocycles. The minimum atomic E-state index is -3.47. The van der Waals surface area contributed by atoms with Crippen LogP contribution in [-0.2, 0) is 10.0 Å². The molecule has 0 saturated carbocycles. The van der Waals surface area contributed by atoms with E-state index in [0.717, 1.165) is 50.9 Å². The van der Waals surface area contributed by atoms with Crippen LogP contribution in [0, 0.1) is 0 Å². The summed E-state index contributed by atoms with van der Waals surface area (Å²) in [5.41, 5.74) is 8.19. The minimum Gasteiger partial charge on any atom is -0.352 e. The molecule has 0 atom stereocenters. The second-order valence-electron chi connectivity index (χ2n) is 13.2. The van der Waals surface area contributed by atoms with Gasteiger partial charge in [0.25, 0.3) is 5.91 Å². The largest absolute Gasteiger partial charge is 0.352 e. The number of pyridine rings is 4. The van der Waals surface area contributed by atoms with Gasteiger partial charge in [0.1, 0.15) is 0 Å². The van der Waals surface area contributed by atoms with Gasteiger partial charge in [0, 0.05) is 106 Å². The van der Waals surface area contributed by atoms with Crippen LogP contribution in [0.4, 0.5) is 22.7 Å². The average molecular weight is 843 g/mol. The van der Waals surface area contributed by atoms with Crippen molar-refractivity contribution in [1.82, 2.24) is 37.9 Å². The summed E-state index contributed by atoms with van der Waals surface area (Å²) in [6.45, 7) is 8.00. The summed E-state index contributed by atoms with van der Waals surface area (Å²) in [5.74, 6) is -0.0376. The van der Waals surface area contributed by atoms with Gasteiger partial charge in [-0.2, -0.15) is 0 Å². The molecule has 316 valence electrons. The van der Waals surface area contributed by atoms with E-state index in [4.69, 9.17) is 0 Å². The molecule has 2 aromatic carbocycles. The van der Waals surface area contributed by atoms with Crippen molar-refractivity contribution in [2.75, 3.05) is 38.8 Å². The molecule has 0 aliphatic heterocycles. The number of fused-ring (bicyclic) bond motifs is 2. The highest BCUT2D eigenvalue weighted by atomic mass is 32.2. The molecule has 0 radical (unpaired) electrons. The summed E-state index contributed by atoms with van der Waals surface area (Å²) in [5, 5.41) is 6.61. The Bertz CT molecular complexity index is 2950. The first-order chi connectivity index (χ1) is 29.4. The fourth-order valence-electron chi connectivity index (χ4n) is 6.09. The zero-order valence-corrected chi connectivity index (χ0v) is 36.2. The number of carbonyl (C=O) groups is 1. The highest BCUT2D eigenvalue weighted by molar-refractivity contribution is 7.89. The van der Waals surface area contributed by atoms with Crippen molar-refractivity contribution in [1.29, 1.82) is 0 Å². The summed E-state index contributed by atoms with van der Waals surface area (Å²) in [6, 6.07) is 28.3. The lowest BCUT2D eigenvalue weighted by atomic mass is 10.1. The first-order valence-corrected chi connectivity index (χ1v) is 21.0. The molecular formula is C45H50N10O5S. The van der Waals surface area contributed by atoms with E-state index in [1.807, 2.05) is 97.4 Å². The van der Waals surface area contributed by atoms with Gasteiger partial charge >= 0.3 is 0 Å². The third kappa shape index (κ3) is 10.3. The molecule has 0 saturated heterocycles. The molecule has 16 heteroatoms. The minimum absolute atomic E-state index is 0.0376. The summed E-state index contributed by atoms with van der Waals surface area (Å²) in [4.78, 5) is 51.2. The SMILES string of the molecule is CC.CC.CN(C)C(=O)c1ccc(Nc2ccc(-c3cc[nH]c(=O)c3)n3ccnc23)cc1.CN(C)S(=O)(=O)c1ccc(Nc2ccc(-c3cc[nH]c(=O)c3)n3ccnc23)cc1. The third-order valence-electron chi connectivity index (χ3n) is 8.97. The van der Waals surface area contributed by atoms with Crippen molar-refractivity contribution < 1.29 is 13.2 Å². The molecule has 15 nitrogen and oxygen atoms in total. The molecule has 1 amide bonds. The lowest BCUT2D eigenvalue weighted by molar-refractivity contribution is 0.0827. The fourth-order valence-corrected chi connectivity index (χ4v) is 6.99. The molecule has 0 unspecified atom stereocenters. The maximum atomic E-state index is 12.2. The third-order valence-corrected chi connectivity index (χ3v) is 10.8. The van der Waals surface area contributed by atoms with Crippen LogP contribution in [0.1, 0.15) is 38.1 Å². The summed E-state index contributed by atoms with van der Waals surface area (Å²) in [6.07, 6.45) is 10.3. The van der Waals surface area contributed by atoms with E-state index in [2.05, 4.69) is 30.6 Å². The van der Waals surface area contributed by atoms with Gasteiger partial charge in [0.2, 0.25) is 21.1 Å². The summed E-state index contributed by atoms with van der Waals surface area (Å²) >= 11 is 0. The Kier molecular flexibility index (Phi) is 14.8. The van der Waals surface area contributed by atoms with Crippen molar-refractivity contribution in [3.63, 3.8) is 0 Å². The van der Waals surface area contributed by atoms with E-state index in [1.54, 1.807) is 86.2 Å². The monoisotopic (exact) mass is 842 g/mol. The Morgan fingerprint density at radius 2 is 1.03 bits per heavy atom. The van der Waals surface area contributed by atoms with Crippen LogP contribution < -0.4 is 21.8 Å². The van der Waals surface area contributed by atoms with Gasteiger partial charge in [-0.1, -0.05) is 27.7 Å². The van der Waals surface area contributed by atoms with Gasteiger partial charge in [-0.15, -0.1) is 0 Å². The second kappa shape index (κ2) is 20.1. The van der Waals surface area contributed by atoms with Crippen molar-refractivity contribution in [3.8, 4) is 22.5 Å². The van der Waals surface area contributed by atoms with Crippen LogP contribution in [-0.4, -0.2) is 80.5 Å². The Hall–Kier alpha value is -7.30. The van der Waals surface area contributed by atoms with Crippen molar-refractivity contribution in [3.05, 3.63) is 161 Å². The molecule has 8 rings (SSSR count). The van der Waals surface area contributed by atoms with E-state index < -0.39 is 10.0 Å². The molecule has 0 bridgehead atoms. The number of hydrogen-bond acceptors (Lipinski definition) is 9. The highest BCUT2D eigenvalue weighted by Gasteiger charge is 2.17. The molecule has 61 heavy (non-hydrogen) atoms. The fraction of sp³-hybridized carbons (Fsp3) is 0.178. The molecule has 6 heterocycles. The first kappa shape index (κ1) is 44.8. The maximum absolute atomic E-state index is 12.2. The van der Waals surface area contributed by atoms with E-state index in [1.165, 1.54) is 24.5 Å². The van der Waals surface area contributed by atoms with Gasteiger partial charge in [-0.25, -0.2) is 22.7 Å². The quantitative estimate of drug-likeness (QED) is 0.112. The number of rotatable bonds is 9. The molecule has 0 aliphatic rings. The van der Waals surface area contributed by atoms with Crippen LogP contribution in [0.5, 0.6) is 0 Å². The van der Waals surface area contributed by atoms with E-state index in [9.17, 15) is 22.8 Å². The predicted molar refractivity (Wildman–Crippen MR) is 244 cm³/mol. The van der Waals surface area contributed by atoms with E-state index in [-0.39, 0.29) is 21.9 Å². The lowest BCUT2D eigenvalue weighted by Gasteiger charge is -2.13. The number of aromatic nitrogens is 6. The van der Waals surface area contributed by atoms with Crippen LogP contribution in [0.25, 0.3) is 33.8 Å². The van der Waals surface area contributed by atoms with E-state index >= 15 is 0 Å². The van der Waals surface area contributed by atoms with Crippen molar-refractivity contribution in [2.45, 2.75) is 32.6 Å². The maximum Gasteiger partial charge on any atom is 0.253 e. The zero-order chi connectivity index (χ0) is 44.3. The van der Waals surface area contributed by atoms with Gasteiger partial charge < -0.3 is 25.5 Å². The van der Waals surface area contributed by atoms with Gasteiger partial charge in [-0.3, -0.25) is 23.2 Å². The number of H-pyrrole nitrogens is 2. The molecule has 0 aliphatic carbocycles. The van der Waals surface area contributed by atoms with Crippen molar-refractivity contribution in [2.24, 2.45) is 0 Å². The van der Waals surface area contributed by atoms with Gasteiger partial charge in [0.05, 0.1) is 27.7 Å². The number of carbonyl (C=O) groups excluding carboxylic acids is 1. The van der Waals surface area contributed by atoms with E-state index in [0.29, 0.717) is 11.2 Å². The second-order valence-corrected chi connectivity index (χ2v) is 15.4. The van der Waals surface area contributed by atoms with Crippen LogP contribution in [0.3, 0.4) is 0 Å². The van der Waals surface area contributed by atoms with Crippen molar-refractivity contribution >= 4 is 50.0 Å². The number of hydrogen-bond donors (Lipinski definition) is 4. The normalized spacial score (nSPS) is 10.8. The number of aromatic amines is 2. The lowest BCUT2D eigenvalue weighted by Crippen LogP contribution is -2.22. The number of sulfonamides is 1. The number of imidazole rings is 2. The molecular weight excluding hydrogens is 793 g/mol. The van der Waals surface area contributed by atoms with Crippen LogP contribution in [0.2, 0.25) is 0 Å². The first-order valence-electron chi connectivity index (χ1n) is 19.6. The number of nitrogens with zero attached hydrogens (tertiary/aromatic N) is 6. The molecule has 0 fully saturated rings. The Morgan fingerprint density at radius 3 is 1.43 bits per heavy atom. The standard InChI is InChI=1S/C21H19N5O2.C20H19N5O3S.2C2H6/c1-25(2)21(28)14-3-5-16(6-4-14)24-17-7-8-18(26-12-11-23-20(17)26)15-9-10-22-19(27)13-15;1-24(2)29(27,28)16-5-3-15(4-6-16)23-17-7-8-18(25-12-11-22-20(17)25)14-9-10-21-19(26)13-14;2*1-2/h3-13,24H,1-2H3,(H,22,27);3-13,23H,1-2H3,(H,21,26);2*1-2H3. The number of amides is 1. The highest BCUT2D eigenvalue weighted by Crippen LogP contribution is 2.29. The average Bonchev–Trinajstić information content (AvgIpc) is 3.98. The molecule has 0 spiro atoms. The predicted octanol–water partition coefficient (Wildman–Crippen LogP) is 7.87. The number of nitrogens with one attached hydrogen (secondary N) is 4. The topological polar surface area (TPSA) is 182 Å². The summed E-state index contributed by atoms with van der Waals surface area (Å²) in [7, 11) is 2.98. The molecule has 4 N–H and O–H groups in total. The smallest absolute Gasteiger partial charge is 0.253 e. The number of anilines is 4. The zero-order valence-electron chi connectivity index (χ0n) is 35.3. The summed E-state index contributed by atoms with van der Waals surface area (Å²) < 4.78 is 29.4. The van der Waals surface area contributed by atoms with Gasteiger partial charge in [-0.05, 0) is 84.9 Å². The number of benzene rings is 2.